The minimum absolute atomic E-state index is 0.0312. The SMILES string of the molecule is c1ccc2c(c1)B1c3ccccc3N(c3cccc4c3-c3ccccc3C43c4ccccc4-c4ccccc43)c3cccc(c31)N2c1ccc2c(c1)C1(c3ccccc3-c3ccccc31)c1ccccc1-2. The number of benzene rings is 11. The number of rotatable bonds is 2. The van der Waals surface area contributed by atoms with Crippen LogP contribution >= 0.6 is 0 Å². The highest BCUT2D eigenvalue weighted by atomic mass is 15.2. The van der Waals surface area contributed by atoms with E-state index in [1.54, 1.807) is 0 Å². The van der Waals surface area contributed by atoms with E-state index in [1.807, 2.05) is 0 Å². The quantitative estimate of drug-likeness (QED) is 0.160. The molecule has 0 unspecified atom stereocenters. The van der Waals surface area contributed by atoms with Crippen molar-refractivity contribution in [2.24, 2.45) is 0 Å². The summed E-state index contributed by atoms with van der Waals surface area (Å²) < 4.78 is 0. The topological polar surface area (TPSA) is 6.48 Å². The molecule has 3 heteroatoms. The van der Waals surface area contributed by atoms with E-state index in [9.17, 15) is 0 Å². The minimum atomic E-state index is -0.444. The normalized spacial score (nSPS) is 15.2. The van der Waals surface area contributed by atoms with Crippen LogP contribution in [-0.2, 0) is 10.8 Å². The summed E-state index contributed by atoms with van der Waals surface area (Å²) in [4.78, 5) is 5.19. The standard InChI is InChI=1S/C68H41BN2/c1-7-25-50-43(19-1)44-20-2-8-26-51(44)67(50)55-30-12-6-24-49(55)65-56(67)31-17-36-62(65)71-61-35-16-14-33-59(61)69-58-32-13-15-34-60(58)70(63-37-18-38-64(71)66(63)69)42-39-40-48-47-23-5-11-29-54(47)68(57(48)41-42)52-27-9-3-21-45(52)46-22-4-10-28-53(46)68/h1-41H. The fraction of sp³-hybridized carbons (Fsp3) is 0.0294. The number of anilines is 6. The Morgan fingerprint density at radius 1 is 0.254 bits per heavy atom. The summed E-state index contributed by atoms with van der Waals surface area (Å²) in [7, 11) is 0. The molecule has 0 saturated carbocycles. The lowest BCUT2D eigenvalue weighted by atomic mass is 9.33. The van der Waals surface area contributed by atoms with Crippen molar-refractivity contribution in [3.05, 3.63) is 293 Å². The Morgan fingerprint density at radius 2 is 0.606 bits per heavy atom. The van der Waals surface area contributed by atoms with Crippen LogP contribution in [0.3, 0.4) is 0 Å². The van der Waals surface area contributed by atoms with E-state index in [0.717, 1.165) is 5.69 Å². The van der Waals surface area contributed by atoms with Gasteiger partial charge in [-0.1, -0.05) is 206 Å². The van der Waals surface area contributed by atoms with Crippen molar-refractivity contribution in [2.75, 3.05) is 9.80 Å². The number of hydrogen-bond donors (Lipinski definition) is 0. The van der Waals surface area contributed by atoms with Gasteiger partial charge in [0, 0.05) is 34.0 Å². The van der Waals surface area contributed by atoms with Crippen LogP contribution in [0, 0.1) is 0 Å². The molecule has 17 rings (SSSR count). The first-order valence-electron chi connectivity index (χ1n) is 25.1. The second-order valence-corrected chi connectivity index (χ2v) is 20.1. The molecule has 326 valence electrons. The van der Waals surface area contributed by atoms with Crippen LogP contribution in [0.1, 0.15) is 44.5 Å². The molecule has 0 amide bonds. The Morgan fingerprint density at radius 3 is 1.14 bits per heavy atom. The van der Waals surface area contributed by atoms with Crippen molar-refractivity contribution in [3.8, 4) is 44.5 Å². The molecule has 11 aromatic carbocycles. The van der Waals surface area contributed by atoms with Gasteiger partial charge >= 0.3 is 0 Å². The summed E-state index contributed by atoms with van der Waals surface area (Å²) >= 11 is 0. The van der Waals surface area contributed by atoms with Crippen molar-refractivity contribution in [1.29, 1.82) is 0 Å². The van der Waals surface area contributed by atoms with Crippen LogP contribution in [0.5, 0.6) is 0 Å². The summed E-state index contributed by atoms with van der Waals surface area (Å²) in [5.74, 6) is 0. The van der Waals surface area contributed by atoms with Gasteiger partial charge in [0.2, 0.25) is 0 Å². The first-order valence-corrected chi connectivity index (χ1v) is 25.1. The lowest BCUT2D eigenvalue weighted by Gasteiger charge is -2.44. The largest absolute Gasteiger partial charge is 0.311 e. The molecule has 2 aliphatic heterocycles. The third-order valence-electron chi connectivity index (χ3n) is 17.3. The van der Waals surface area contributed by atoms with Crippen LogP contribution in [0.2, 0.25) is 0 Å². The van der Waals surface area contributed by atoms with Gasteiger partial charge in [-0.05, 0) is 142 Å². The number of hydrogen-bond acceptors (Lipinski definition) is 2. The zero-order chi connectivity index (χ0) is 46.2. The third kappa shape index (κ3) is 4.40. The molecule has 71 heavy (non-hydrogen) atoms. The molecule has 4 aliphatic carbocycles. The van der Waals surface area contributed by atoms with E-state index in [2.05, 4.69) is 259 Å². The Labute approximate surface area is 413 Å². The van der Waals surface area contributed by atoms with Crippen LogP contribution in [0.25, 0.3) is 44.5 Å². The van der Waals surface area contributed by atoms with Crippen LogP contribution in [0.4, 0.5) is 34.1 Å². The third-order valence-corrected chi connectivity index (χ3v) is 17.3. The smallest absolute Gasteiger partial charge is 0.252 e. The van der Waals surface area contributed by atoms with E-state index in [4.69, 9.17) is 0 Å². The first-order chi connectivity index (χ1) is 35.3. The summed E-state index contributed by atoms with van der Waals surface area (Å²) in [6, 6.07) is 94.7. The summed E-state index contributed by atoms with van der Waals surface area (Å²) in [5, 5.41) is 0. The van der Waals surface area contributed by atoms with Crippen molar-refractivity contribution < 1.29 is 0 Å². The van der Waals surface area contributed by atoms with Crippen LogP contribution < -0.4 is 26.2 Å². The van der Waals surface area contributed by atoms with Crippen LogP contribution in [0.15, 0.2) is 249 Å². The van der Waals surface area contributed by atoms with Gasteiger partial charge in [-0.15, -0.1) is 0 Å². The predicted octanol–water partition coefficient (Wildman–Crippen LogP) is 14.5. The molecule has 0 bridgehead atoms. The van der Waals surface area contributed by atoms with Crippen molar-refractivity contribution >= 4 is 57.2 Å². The second-order valence-electron chi connectivity index (χ2n) is 20.1. The maximum Gasteiger partial charge on any atom is 0.252 e. The van der Waals surface area contributed by atoms with Gasteiger partial charge < -0.3 is 9.80 Å². The van der Waals surface area contributed by atoms with Gasteiger partial charge in [0.25, 0.3) is 6.71 Å². The second kappa shape index (κ2) is 13.4. The highest BCUT2D eigenvalue weighted by molar-refractivity contribution is 7.00. The Bertz CT molecular complexity index is 4070. The molecule has 0 N–H and O–H groups in total. The molecule has 2 heterocycles. The highest BCUT2D eigenvalue weighted by Gasteiger charge is 2.54. The number of fused-ring (bicyclic) bond motifs is 24. The van der Waals surface area contributed by atoms with Crippen molar-refractivity contribution in [2.45, 2.75) is 10.8 Å². The molecule has 0 saturated heterocycles. The average molecular weight is 897 g/mol. The minimum Gasteiger partial charge on any atom is -0.311 e. The van der Waals surface area contributed by atoms with Gasteiger partial charge in [-0.2, -0.15) is 0 Å². The van der Waals surface area contributed by atoms with Crippen LogP contribution in [-0.4, -0.2) is 6.71 Å². The van der Waals surface area contributed by atoms with Gasteiger partial charge in [-0.3, -0.25) is 0 Å². The van der Waals surface area contributed by atoms with E-state index >= 15 is 0 Å². The van der Waals surface area contributed by atoms with E-state index < -0.39 is 10.8 Å². The number of para-hydroxylation sites is 2. The maximum atomic E-state index is 2.61. The number of nitrogens with zero attached hydrogens (tertiary/aromatic N) is 2. The molecular weight excluding hydrogens is 856 g/mol. The zero-order valence-corrected chi connectivity index (χ0v) is 38.6. The molecule has 0 radical (unpaired) electrons. The molecule has 0 atom stereocenters. The van der Waals surface area contributed by atoms with Gasteiger partial charge in [0.1, 0.15) is 0 Å². The lowest BCUT2D eigenvalue weighted by molar-refractivity contribution is 0.793. The summed E-state index contributed by atoms with van der Waals surface area (Å²) in [6.45, 7) is 0.0312. The summed E-state index contributed by atoms with van der Waals surface area (Å²) in [6.07, 6.45) is 0. The summed E-state index contributed by atoms with van der Waals surface area (Å²) in [5.41, 5.74) is 31.6. The first kappa shape index (κ1) is 38.0. The molecule has 6 aliphatic rings. The Hall–Kier alpha value is -8.92. The Kier molecular flexibility index (Phi) is 7.19. The lowest BCUT2D eigenvalue weighted by Crippen LogP contribution is -2.61. The van der Waals surface area contributed by atoms with Gasteiger partial charge in [-0.25, -0.2) is 0 Å². The molecule has 11 aromatic rings. The average Bonchev–Trinajstić information content (AvgIpc) is 4.13. The van der Waals surface area contributed by atoms with Gasteiger partial charge in [0.05, 0.1) is 16.5 Å². The Balaban J connectivity index is 0.917. The molecule has 0 aromatic heterocycles. The zero-order valence-electron chi connectivity index (χ0n) is 38.6. The van der Waals surface area contributed by atoms with Gasteiger partial charge in [0.15, 0.2) is 0 Å². The molecule has 2 nitrogen and oxygen atoms in total. The molecule has 0 fully saturated rings. The van der Waals surface area contributed by atoms with E-state index in [0.29, 0.717) is 0 Å². The fourth-order valence-corrected chi connectivity index (χ4v) is 14.9. The van der Waals surface area contributed by atoms with E-state index in [1.165, 1.54) is 134 Å². The fourth-order valence-electron chi connectivity index (χ4n) is 14.9. The molecular formula is C68H41BN2. The van der Waals surface area contributed by atoms with E-state index in [-0.39, 0.29) is 6.71 Å². The maximum absolute atomic E-state index is 2.61. The van der Waals surface area contributed by atoms with Crippen molar-refractivity contribution in [3.63, 3.8) is 0 Å². The molecule has 2 spiro atoms. The monoisotopic (exact) mass is 896 g/mol. The predicted molar refractivity (Wildman–Crippen MR) is 293 cm³/mol. The highest BCUT2D eigenvalue weighted by Crippen LogP contribution is 2.66. The van der Waals surface area contributed by atoms with Crippen molar-refractivity contribution in [1.82, 2.24) is 0 Å².